The zero-order valence-corrected chi connectivity index (χ0v) is 20.1. The van der Waals surface area contributed by atoms with Gasteiger partial charge < -0.3 is 0 Å². The third-order valence-electron chi connectivity index (χ3n) is 8.04. The summed E-state index contributed by atoms with van der Waals surface area (Å²) >= 11 is 0. The number of halogens is 3. The van der Waals surface area contributed by atoms with Crippen LogP contribution in [-0.4, -0.2) is 0 Å². The smallest absolute Gasteiger partial charge is 0.162 e. The van der Waals surface area contributed by atoms with Crippen LogP contribution in [0.4, 0.5) is 13.2 Å². The Labute approximate surface area is 197 Å². The molecule has 0 spiro atoms. The highest BCUT2D eigenvalue weighted by Crippen LogP contribution is 2.42. The van der Waals surface area contributed by atoms with Gasteiger partial charge in [-0.2, -0.15) is 0 Å². The lowest BCUT2D eigenvalue weighted by atomic mass is 9.75. The maximum atomic E-state index is 15.1. The lowest BCUT2D eigenvalue weighted by Gasteiger charge is -2.30. The van der Waals surface area contributed by atoms with Gasteiger partial charge in [-0.3, -0.25) is 0 Å². The van der Waals surface area contributed by atoms with E-state index in [4.69, 9.17) is 0 Å². The van der Waals surface area contributed by atoms with E-state index in [1.807, 2.05) is 37.3 Å². The van der Waals surface area contributed by atoms with Crippen molar-refractivity contribution in [2.24, 2.45) is 11.8 Å². The molecule has 2 saturated carbocycles. The second kappa shape index (κ2) is 10.9. The van der Waals surface area contributed by atoms with Crippen molar-refractivity contribution in [3.63, 3.8) is 0 Å². The molecule has 0 bridgehead atoms. The first kappa shape index (κ1) is 24.1. The molecule has 0 nitrogen and oxygen atoms in total. The Kier molecular flexibility index (Phi) is 7.98. The Morgan fingerprint density at radius 3 is 1.91 bits per heavy atom. The van der Waals surface area contributed by atoms with E-state index < -0.39 is 11.6 Å². The molecule has 0 N–H and O–H groups in total. The van der Waals surface area contributed by atoms with E-state index >= 15 is 8.78 Å². The van der Waals surface area contributed by atoms with Gasteiger partial charge in [-0.05, 0) is 105 Å². The summed E-state index contributed by atoms with van der Waals surface area (Å²) in [5.74, 6) is -0.0967. The fourth-order valence-electron chi connectivity index (χ4n) is 6.01. The zero-order chi connectivity index (χ0) is 23.4. The highest BCUT2D eigenvalue weighted by atomic mass is 19.2. The normalized spacial score (nSPS) is 26.1. The molecule has 4 rings (SSSR count). The molecule has 2 fully saturated rings. The van der Waals surface area contributed by atoms with Crippen LogP contribution in [-0.2, 0) is 0 Å². The summed E-state index contributed by atoms with van der Waals surface area (Å²) in [6.45, 7) is 4.10. The molecule has 2 aliphatic rings. The first-order valence-electron chi connectivity index (χ1n) is 12.9. The Morgan fingerprint density at radius 1 is 0.788 bits per heavy atom. The second-order valence-corrected chi connectivity index (χ2v) is 10.4. The highest BCUT2D eigenvalue weighted by molar-refractivity contribution is 5.51. The van der Waals surface area contributed by atoms with E-state index in [-0.39, 0.29) is 17.7 Å². The van der Waals surface area contributed by atoms with Gasteiger partial charge in [0.15, 0.2) is 11.6 Å². The van der Waals surface area contributed by atoms with Gasteiger partial charge >= 0.3 is 0 Å². The first-order chi connectivity index (χ1) is 16.0. The van der Waals surface area contributed by atoms with Crippen LogP contribution in [0, 0.1) is 36.2 Å². The third kappa shape index (κ3) is 5.73. The van der Waals surface area contributed by atoms with Gasteiger partial charge in [-0.1, -0.05) is 56.2 Å². The topological polar surface area (TPSA) is 0 Å². The molecule has 0 heterocycles. The average molecular weight is 455 g/mol. The van der Waals surface area contributed by atoms with E-state index in [2.05, 4.69) is 13.0 Å². The fraction of sp³-hybridized carbons (Fsp3) is 0.533. The lowest BCUT2D eigenvalue weighted by molar-refractivity contribution is 0.302. The van der Waals surface area contributed by atoms with Crippen molar-refractivity contribution in [1.29, 1.82) is 0 Å². The van der Waals surface area contributed by atoms with E-state index in [1.54, 1.807) is 6.07 Å². The van der Waals surface area contributed by atoms with Crippen molar-refractivity contribution in [2.45, 2.75) is 89.9 Å². The van der Waals surface area contributed by atoms with Crippen LogP contribution in [0.15, 0.2) is 36.4 Å². The minimum absolute atomic E-state index is 0.0644. The molecule has 2 aromatic rings. The molecule has 0 amide bonds. The maximum Gasteiger partial charge on any atom is 0.162 e. The summed E-state index contributed by atoms with van der Waals surface area (Å²) in [4.78, 5) is 0. The molecule has 178 valence electrons. The minimum Gasteiger partial charge on any atom is -0.206 e. The number of benzene rings is 2. The monoisotopic (exact) mass is 454 g/mol. The maximum absolute atomic E-state index is 15.1. The molecular weight excluding hydrogens is 417 g/mol. The van der Waals surface area contributed by atoms with Crippen LogP contribution in [0.2, 0.25) is 0 Å². The fourth-order valence-corrected chi connectivity index (χ4v) is 6.01. The van der Waals surface area contributed by atoms with Gasteiger partial charge in [0.05, 0.1) is 0 Å². The van der Waals surface area contributed by atoms with Crippen LogP contribution >= 0.6 is 0 Å². The van der Waals surface area contributed by atoms with Gasteiger partial charge in [0.25, 0.3) is 0 Å². The van der Waals surface area contributed by atoms with Crippen molar-refractivity contribution in [2.75, 3.05) is 0 Å². The van der Waals surface area contributed by atoms with Crippen molar-refractivity contribution in [3.8, 4) is 0 Å². The Balaban J connectivity index is 1.36. The van der Waals surface area contributed by atoms with Gasteiger partial charge in [0.1, 0.15) is 5.82 Å². The third-order valence-corrected chi connectivity index (χ3v) is 8.04. The van der Waals surface area contributed by atoms with E-state index in [0.717, 1.165) is 62.8 Å². The molecule has 0 radical (unpaired) electrons. The molecular formula is C30H37F3. The molecule has 0 aromatic heterocycles. The van der Waals surface area contributed by atoms with Crippen LogP contribution < -0.4 is 0 Å². The molecule has 0 saturated heterocycles. The Morgan fingerprint density at radius 2 is 1.36 bits per heavy atom. The number of hydrogen-bond donors (Lipinski definition) is 0. The van der Waals surface area contributed by atoms with E-state index in [1.165, 1.54) is 12.8 Å². The minimum atomic E-state index is -0.621. The highest BCUT2D eigenvalue weighted by Gasteiger charge is 2.29. The van der Waals surface area contributed by atoms with Gasteiger partial charge in [-0.15, -0.1) is 0 Å². The predicted octanol–water partition coefficient (Wildman–Crippen LogP) is 9.47. The van der Waals surface area contributed by atoms with Crippen molar-refractivity contribution < 1.29 is 13.2 Å². The van der Waals surface area contributed by atoms with Crippen LogP contribution in [0.3, 0.4) is 0 Å². The van der Waals surface area contributed by atoms with Crippen molar-refractivity contribution in [1.82, 2.24) is 0 Å². The quantitative estimate of drug-likeness (QED) is 0.408. The largest absolute Gasteiger partial charge is 0.206 e. The van der Waals surface area contributed by atoms with E-state index in [0.29, 0.717) is 22.6 Å². The predicted molar refractivity (Wildman–Crippen MR) is 131 cm³/mol. The van der Waals surface area contributed by atoms with Crippen molar-refractivity contribution in [3.05, 3.63) is 76.1 Å². The van der Waals surface area contributed by atoms with Gasteiger partial charge in [0.2, 0.25) is 0 Å². The summed E-state index contributed by atoms with van der Waals surface area (Å²) in [6.07, 6.45) is 14.1. The van der Waals surface area contributed by atoms with Crippen LogP contribution in [0.5, 0.6) is 0 Å². The van der Waals surface area contributed by atoms with Crippen LogP contribution in [0.25, 0.3) is 6.08 Å². The lowest BCUT2D eigenvalue weighted by Crippen LogP contribution is -2.17. The first-order valence-corrected chi connectivity index (χ1v) is 12.9. The van der Waals surface area contributed by atoms with E-state index in [9.17, 15) is 4.39 Å². The summed E-state index contributed by atoms with van der Waals surface area (Å²) in [5.41, 5.74) is 2.65. The summed E-state index contributed by atoms with van der Waals surface area (Å²) in [7, 11) is 0. The zero-order valence-electron chi connectivity index (χ0n) is 20.1. The van der Waals surface area contributed by atoms with Gasteiger partial charge in [0, 0.05) is 5.56 Å². The number of allylic oxidation sites excluding steroid dienone is 1. The molecule has 0 unspecified atom stereocenters. The molecule has 3 heteroatoms. The Hall–Kier alpha value is -2.03. The van der Waals surface area contributed by atoms with Crippen molar-refractivity contribution >= 4 is 6.08 Å². The standard InChI is InChI=1S/C30H37F3/c1-3-4-21-6-12-23(13-7-21)26-17-18-27(30(33)29(26)32)24-14-8-22(9-15-24)10-16-25-11-5-20(2)19-28(25)31/h5,10-11,16-19,21-24H,3-4,6-9,12-15H2,1-2H3. The molecule has 0 aliphatic heterocycles. The summed E-state index contributed by atoms with van der Waals surface area (Å²) in [5, 5.41) is 0. The van der Waals surface area contributed by atoms with Crippen LogP contribution in [0.1, 0.15) is 105 Å². The number of rotatable bonds is 6. The summed E-state index contributed by atoms with van der Waals surface area (Å²) in [6, 6.07) is 8.99. The average Bonchev–Trinajstić information content (AvgIpc) is 2.82. The molecule has 2 aromatic carbocycles. The molecule has 2 aliphatic carbocycles. The molecule has 0 atom stereocenters. The number of aryl methyl sites for hydroxylation is 1. The molecule has 33 heavy (non-hydrogen) atoms. The van der Waals surface area contributed by atoms with Gasteiger partial charge in [-0.25, -0.2) is 13.2 Å². The second-order valence-electron chi connectivity index (χ2n) is 10.4. The Bertz CT molecular complexity index is 961. The number of hydrogen-bond acceptors (Lipinski definition) is 0. The summed E-state index contributed by atoms with van der Waals surface area (Å²) < 4.78 is 44.3. The SMILES string of the molecule is CCCC1CCC(c2ccc(C3CCC(C=Cc4ccc(C)cc4F)CC3)c(F)c2F)CC1.